The molecule has 8 heteroatoms. The van der Waals surface area contributed by atoms with E-state index in [9.17, 15) is 9.59 Å². The maximum absolute atomic E-state index is 11.7. The van der Waals surface area contributed by atoms with E-state index in [0.717, 1.165) is 11.5 Å². The second-order valence-corrected chi connectivity index (χ2v) is 4.09. The van der Waals surface area contributed by atoms with Gasteiger partial charge in [0.1, 0.15) is 11.5 Å². The van der Waals surface area contributed by atoms with E-state index in [4.69, 9.17) is 0 Å². The minimum atomic E-state index is -0.296. The normalized spacial score (nSPS) is 15.7. The number of anilines is 1. The Labute approximate surface area is 96.2 Å². The topological polar surface area (TPSA) is 78.4 Å². The highest BCUT2D eigenvalue weighted by Gasteiger charge is 2.29. The summed E-state index contributed by atoms with van der Waals surface area (Å²) in [4.78, 5) is 26.2. The van der Waals surface area contributed by atoms with Crippen molar-refractivity contribution in [3.8, 4) is 0 Å². The maximum Gasteiger partial charge on any atom is 0.324 e. The van der Waals surface area contributed by atoms with Gasteiger partial charge in [0, 0.05) is 18.1 Å². The van der Waals surface area contributed by atoms with Gasteiger partial charge in [-0.3, -0.25) is 15.0 Å². The summed E-state index contributed by atoms with van der Waals surface area (Å²) in [6.07, 6.45) is 1.47. The Bertz CT molecular complexity index is 393. The average Bonchev–Trinajstić information content (AvgIpc) is 2.87. The Morgan fingerprint density at radius 3 is 3.06 bits per heavy atom. The molecule has 1 aliphatic heterocycles. The molecule has 1 aliphatic rings. The predicted octanol–water partition coefficient (Wildman–Crippen LogP) is 0.192. The molecule has 0 radical (unpaired) electrons. The molecule has 7 nitrogen and oxygen atoms in total. The number of urea groups is 1. The van der Waals surface area contributed by atoms with E-state index in [-0.39, 0.29) is 18.5 Å². The molecule has 86 valence electrons. The van der Waals surface area contributed by atoms with Crippen molar-refractivity contribution in [2.45, 2.75) is 6.92 Å². The largest absolute Gasteiger partial charge is 0.324 e. The summed E-state index contributed by atoms with van der Waals surface area (Å²) in [5.74, 6) is -0.0277. The summed E-state index contributed by atoms with van der Waals surface area (Å²) in [5, 5.41) is 6.81. The van der Waals surface area contributed by atoms with Crippen LogP contribution in [-0.4, -0.2) is 51.1 Å². The number of hydrogen-bond donors (Lipinski definition) is 1. The highest BCUT2D eigenvalue weighted by Crippen LogP contribution is 2.12. The minimum absolute atomic E-state index is 0.0277. The Hall–Kier alpha value is -1.70. The van der Waals surface area contributed by atoms with E-state index >= 15 is 0 Å². The lowest BCUT2D eigenvalue weighted by Crippen LogP contribution is -2.34. The third-order valence-electron chi connectivity index (χ3n) is 2.28. The number of hydrogen-bond acceptors (Lipinski definition) is 5. The Morgan fingerprint density at radius 1 is 1.69 bits per heavy atom. The molecule has 3 amide bonds. The van der Waals surface area contributed by atoms with Crippen LogP contribution in [-0.2, 0) is 4.79 Å². The third kappa shape index (κ3) is 2.11. The van der Waals surface area contributed by atoms with Crippen LogP contribution >= 0.6 is 11.5 Å². The van der Waals surface area contributed by atoms with Gasteiger partial charge in [-0.2, -0.15) is 0 Å². The number of likely N-dealkylation sites (N-methyl/N-ethyl adjacent to an activating group) is 1. The van der Waals surface area contributed by atoms with Crippen LogP contribution in [0.5, 0.6) is 0 Å². The van der Waals surface area contributed by atoms with Crippen molar-refractivity contribution in [1.82, 2.24) is 19.4 Å². The van der Waals surface area contributed by atoms with Crippen LogP contribution in [0, 0.1) is 0 Å². The van der Waals surface area contributed by atoms with Gasteiger partial charge in [0.25, 0.3) is 0 Å². The minimum Gasteiger partial charge on any atom is -0.324 e. The van der Waals surface area contributed by atoms with Crippen LogP contribution in [0.2, 0.25) is 0 Å². The zero-order valence-electron chi connectivity index (χ0n) is 8.71. The van der Waals surface area contributed by atoms with Crippen LogP contribution in [0.15, 0.2) is 6.20 Å². The van der Waals surface area contributed by atoms with Crippen LogP contribution in [0.1, 0.15) is 6.92 Å². The van der Waals surface area contributed by atoms with Crippen LogP contribution in [0.4, 0.5) is 9.80 Å². The molecule has 1 N–H and O–H groups in total. The molecule has 0 saturated carbocycles. The van der Waals surface area contributed by atoms with Crippen LogP contribution < -0.4 is 5.32 Å². The van der Waals surface area contributed by atoms with E-state index < -0.39 is 0 Å². The van der Waals surface area contributed by atoms with Gasteiger partial charge in [-0.05, 0) is 6.92 Å². The fraction of sp³-hybridized carbons (Fsp3) is 0.500. The fourth-order valence-corrected chi connectivity index (χ4v) is 1.83. The summed E-state index contributed by atoms with van der Waals surface area (Å²) in [7, 11) is 0. The highest BCUT2D eigenvalue weighted by atomic mass is 32.1. The number of amides is 3. The van der Waals surface area contributed by atoms with Crippen LogP contribution in [0.3, 0.4) is 0 Å². The first-order valence-corrected chi connectivity index (χ1v) is 5.59. The van der Waals surface area contributed by atoms with Gasteiger partial charge in [0.2, 0.25) is 5.91 Å². The van der Waals surface area contributed by atoms with E-state index in [2.05, 4.69) is 14.9 Å². The van der Waals surface area contributed by atoms with E-state index in [1.54, 1.807) is 4.90 Å². The summed E-state index contributed by atoms with van der Waals surface area (Å²) in [6.45, 7) is 2.97. The first-order chi connectivity index (χ1) is 7.70. The standard InChI is InChI=1S/C8H11N5O2S/c1-2-12-5-13(4-7(12)14)8(15)10-6-3-9-11-16-6/h3H,2,4-5H2,1H3,(H,10,15). The predicted molar refractivity (Wildman–Crippen MR) is 57.9 cm³/mol. The van der Waals surface area contributed by atoms with Gasteiger partial charge in [-0.25, -0.2) is 4.79 Å². The first-order valence-electron chi connectivity index (χ1n) is 4.81. The second kappa shape index (κ2) is 4.44. The molecule has 2 rings (SSSR count). The van der Waals surface area contributed by atoms with Gasteiger partial charge < -0.3 is 4.90 Å². The molecule has 0 aliphatic carbocycles. The molecule has 1 aromatic heterocycles. The van der Waals surface area contributed by atoms with Crippen molar-refractivity contribution in [2.24, 2.45) is 0 Å². The SMILES string of the molecule is CCN1CN(C(=O)Nc2cnns2)CC1=O. The number of carbonyl (C=O) groups is 2. The number of nitrogens with one attached hydrogen (secondary N) is 1. The van der Waals surface area contributed by atoms with Crippen LogP contribution in [0.25, 0.3) is 0 Å². The molecular formula is C8H11N5O2S. The lowest BCUT2D eigenvalue weighted by Gasteiger charge is -2.16. The fourth-order valence-electron chi connectivity index (χ4n) is 1.42. The van der Waals surface area contributed by atoms with Crippen molar-refractivity contribution in [1.29, 1.82) is 0 Å². The van der Waals surface area contributed by atoms with Crippen molar-refractivity contribution in [2.75, 3.05) is 25.1 Å². The van der Waals surface area contributed by atoms with Gasteiger partial charge in [-0.1, -0.05) is 4.49 Å². The molecule has 0 atom stereocenters. The highest BCUT2D eigenvalue weighted by molar-refractivity contribution is 7.10. The zero-order valence-corrected chi connectivity index (χ0v) is 9.53. The molecule has 0 bridgehead atoms. The first kappa shape index (κ1) is 10.8. The van der Waals surface area contributed by atoms with Gasteiger partial charge >= 0.3 is 6.03 Å². The zero-order chi connectivity index (χ0) is 11.5. The summed E-state index contributed by atoms with van der Waals surface area (Å²) in [6, 6.07) is -0.296. The van der Waals surface area contributed by atoms with Crippen molar-refractivity contribution < 1.29 is 9.59 Å². The number of aromatic nitrogens is 2. The molecule has 1 saturated heterocycles. The molecule has 2 heterocycles. The molecule has 0 aromatic carbocycles. The van der Waals surface area contributed by atoms with E-state index in [1.807, 2.05) is 6.92 Å². The van der Waals surface area contributed by atoms with Gasteiger partial charge in [-0.15, -0.1) is 5.10 Å². The average molecular weight is 241 g/mol. The number of carbonyl (C=O) groups excluding carboxylic acids is 2. The Balaban J connectivity index is 1.94. The lowest BCUT2D eigenvalue weighted by atomic mass is 10.5. The van der Waals surface area contributed by atoms with Crippen molar-refractivity contribution in [3.63, 3.8) is 0 Å². The second-order valence-electron chi connectivity index (χ2n) is 3.30. The lowest BCUT2D eigenvalue weighted by molar-refractivity contribution is -0.126. The van der Waals surface area contributed by atoms with Crippen molar-refractivity contribution in [3.05, 3.63) is 6.20 Å². The Morgan fingerprint density at radius 2 is 2.50 bits per heavy atom. The molecule has 1 fully saturated rings. The van der Waals surface area contributed by atoms with E-state index in [1.165, 1.54) is 11.1 Å². The molecule has 1 aromatic rings. The van der Waals surface area contributed by atoms with E-state index in [0.29, 0.717) is 18.2 Å². The smallest absolute Gasteiger partial charge is 0.324 e. The third-order valence-corrected chi connectivity index (χ3v) is 2.86. The monoisotopic (exact) mass is 241 g/mol. The van der Waals surface area contributed by atoms with Gasteiger partial charge in [0.15, 0.2) is 0 Å². The Kier molecular flexibility index (Phi) is 3.00. The summed E-state index contributed by atoms with van der Waals surface area (Å²) < 4.78 is 3.63. The quantitative estimate of drug-likeness (QED) is 0.801. The number of nitrogens with zero attached hydrogens (tertiary/aromatic N) is 4. The van der Waals surface area contributed by atoms with Crippen molar-refractivity contribution >= 4 is 28.5 Å². The number of rotatable bonds is 2. The molecule has 0 spiro atoms. The maximum atomic E-state index is 11.7. The summed E-state index contributed by atoms with van der Waals surface area (Å²) in [5.41, 5.74) is 0. The molecular weight excluding hydrogens is 230 g/mol. The summed E-state index contributed by atoms with van der Waals surface area (Å²) >= 11 is 1.10. The molecule has 16 heavy (non-hydrogen) atoms. The van der Waals surface area contributed by atoms with Gasteiger partial charge in [0.05, 0.1) is 12.9 Å². The molecule has 0 unspecified atom stereocenters.